The number of hydrogen-bond donors (Lipinski definition) is 2. The third-order valence-corrected chi connectivity index (χ3v) is 5.97. The Morgan fingerprint density at radius 1 is 0.769 bits per heavy atom. The highest BCUT2D eigenvalue weighted by molar-refractivity contribution is 7.87. The third-order valence-electron chi connectivity index (χ3n) is 4.80. The molecule has 0 aromatic carbocycles. The summed E-state index contributed by atoms with van der Waals surface area (Å²) < 4.78 is 32.4. The minimum absolute atomic E-state index is 0.204. The molecule has 0 radical (unpaired) electrons. The van der Waals surface area contributed by atoms with Crippen LogP contribution in [-0.4, -0.2) is 30.7 Å². The van der Waals surface area contributed by atoms with Gasteiger partial charge < -0.3 is 5.32 Å². The molecule has 0 aliphatic rings. The summed E-state index contributed by atoms with van der Waals surface area (Å²) in [5.41, 5.74) is 0. The molecule has 0 spiro atoms. The fourth-order valence-electron chi connectivity index (χ4n) is 3.11. The van der Waals surface area contributed by atoms with Crippen molar-refractivity contribution in [3.63, 3.8) is 0 Å². The van der Waals surface area contributed by atoms with Crippen LogP contribution in [-0.2, 0) is 14.9 Å². The van der Waals surface area contributed by atoms with Gasteiger partial charge in [-0.2, -0.15) is 8.42 Å². The number of rotatable bonds is 18. The van der Waals surface area contributed by atoms with E-state index in [2.05, 4.69) is 19.2 Å². The van der Waals surface area contributed by atoms with Gasteiger partial charge in [-0.3, -0.25) is 9.35 Å². The third kappa shape index (κ3) is 14.5. The summed E-state index contributed by atoms with van der Waals surface area (Å²) in [6.45, 7) is 4.84. The van der Waals surface area contributed by atoms with Crippen LogP contribution in [0.25, 0.3) is 0 Å². The van der Waals surface area contributed by atoms with E-state index in [1.807, 2.05) is 0 Å². The van der Waals surface area contributed by atoms with E-state index in [0.29, 0.717) is 13.0 Å². The van der Waals surface area contributed by atoms with Crippen LogP contribution < -0.4 is 5.32 Å². The van der Waals surface area contributed by atoms with Crippen molar-refractivity contribution in [3.05, 3.63) is 0 Å². The van der Waals surface area contributed by atoms with Gasteiger partial charge in [0.05, 0.1) is 0 Å². The largest absolute Gasteiger partial charge is 0.355 e. The molecular weight excluding hydrogens is 350 g/mol. The topological polar surface area (TPSA) is 83.5 Å². The predicted octanol–water partition coefficient (Wildman–Crippen LogP) is 5.25. The standard InChI is InChI=1S/C20H41NO4S/c1-3-5-7-9-11-12-13-15-17-19(26(23,24)25)20(22)21-18-16-14-10-8-6-4-2/h19H,3-18H2,1-2H3,(H,21,22)(H,23,24,25). The van der Waals surface area contributed by atoms with Gasteiger partial charge in [0.25, 0.3) is 10.1 Å². The molecule has 26 heavy (non-hydrogen) atoms. The first-order valence-electron chi connectivity index (χ1n) is 10.7. The van der Waals surface area contributed by atoms with Crippen molar-refractivity contribution in [1.29, 1.82) is 0 Å². The van der Waals surface area contributed by atoms with Gasteiger partial charge in [-0.05, 0) is 12.8 Å². The molecule has 0 rings (SSSR count). The quantitative estimate of drug-likeness (QED) is 0.247. The van der Waals surface area contributed by atoms with Crippen molar-refractivity contribution in [3.8, 4) is 0 Å². The maximum Gasteiger partial charge on any atom is 0.276 e. The van der Waals surface area contributed by atoms with Gasteiger partial charge in [0, 0.05) is 6.54 Å². The maximum absolute atomic E-state index is 12.1. The molecule has 0 aliphatic carbocycles. The second-order valence-electron chi connectivity index (χ2n) is 7.33. The monoisotopic (exact) mass is 391 g/mol. The number of carbonyl (C=O) groups is 1. The average molecular weight is 392 g/mol. The van der Waals surface area contributed by atoms with Crippen LogP contribution in [0.1, 0.15) is 110 Å². The predicted molar refractivity (Wildman–Crippen MR) is 109 cm³/mol. The first-order valence-corrected chi connectivity index (χ1v) is 12.2. The molecule has 156 valence electrons. The minimum atomic E-state index is -4.34. The van der Waals surface area contributed by atoms with Gasteiger partial charge in [-0.15, -0.1) is 0 Å². The van der Waals surface area contributed by atoms with E-state index in [1.54, 1.807) is 0 Å². The first-order chi connectivity index (χ1) is 12.4. The molecule has 0 bridgehead atoms. The molecule has 0 aromatic heterocycles. The average Bonchev–Trinajstić information content (AvgIpc) is 2.58. The molecule has 0 aliphatic heterocycles. The maximum atomic E-state index is 12.1. The van der Waals surface area contributed by atoms with Crippen molar-refractivity contribution in [2.75, 3.05) is 6.54 Å². The molecule has 2 N–H and O–H groups in total. The summed E-state index contributed by atoms with van der Waals surface area (Å²) >= 11 is 0. The normalized spacial score (nSPS) is 12.9. The molecular formula is C20H41NO4S. The van der Waals surface area contributed by atoms with E-state index >= 15 is 0 Å². The highest BCUT2D eigenvalue weighted by atomic mass is 32.2. The summed E-state index contributed by atoms with van der Waals surface area (Å²) in [6, 6.07) is 0. The molecule has 0 aromatic rings. The van der Waals surface area contributed by atoms with E-state index in [9.17, 15) is 17.8 Å². The van der Waals surface area contributed by atoms with Crippen LogP contribution in [0.5, 0.6) is 0 Å². The Labute approximate surface area is 161 Å². The van der Waals surface area contributed by atoms with Crippen LogP contribution in [0.4, 0.5) is 0 Å². The van der Waals surface area contributed by atoms with Gasteiger partial charge in [0.2, 0.25) is 5.91 Å². The van der Waals surface area contributed by atoms with Crippen LogP contribution >= 0.6 is 0 Å². The van der Waals surface area contributed by atoms with Crippen LogP contribution in [0.2, 0.25) is 0 Å². The summed E-state index contributed by atoms with van der Waals surface area (Å²) in [7, 11) is -4.34. The summed E-state index contributed by atoms with van der Waals surface area (Å²) in [6.07, 6.45) is 15.6. The number of hydrogen-bond acceptors (Lipinski definition) is 3. The molecule has 1 amide bonds. The van der Waals surface area contributed by atoms with Gasteiger partial charge in [-0.25, -0.2) is 0 Å². The zero-order valence-electron chi connectivity index (χ0n) is 17.0. The lowest BCUT2D eigenvalue weighted by atomic mass is 10.1. The lowest BCUT2D eigenvalue weighted by Gasteiger charge is -2.14. The van der Waals surface area contributed by atoms with Crippen molar-refractivity contribution in [2.24, 2.45) is 0 Å². The molecule has 0 fully saturated rings. The Morgan fingerprint density at radius 2 is 1.19 bits per heavy atom. The van der Waals surface area contributed by atoms with Crippen molar-refractivity contribution in [2.45, 2.75) is 115 Å². The van der Waals surface area contributed by atoms with Crippen molar-refractivity contribution < 1.29 is 17.8 Å². The van der Waals surface area contributed by atoms with Gasteiger partial charge in [0.1, 0.15) is 0 Å². The Morgan fingerprint density at radius 3 is 1.65 bits per heavy atom. The van der Waals surface area contributed by atoms with Crippen LogP contribution in [0.15, 0.2) is 0 Å². The second-order valence-corrected chi connectivity index (χ2v) is 8.92. The molecule has 5 nitrogen and oxygen atoms in total. The second kappa shape index (κ2) is 16.5. The smallest absolute Gasteiger partial charge is 0.276 e. The fourth-order valence-corrected chi connectivity index (χ4v) is 3.93. The van der Waals surface area contributed by atoms with E-state index in [1.165, 1.54) is 44.9 Å². The zero-order chi connectivity index (χ0) is 19.7. The Hall–Kier alpha value is -0.620. The fraction of sp³-hybridized carbons (Fsp3) is 0.950. The minimum Gasteiger partial charge on any atom is -0.355 e. The first kappa shape index (κ1) is 25.4. The lowest BCUT2D eigenvalue weighted by Crippen LogP contribution is -2.40. The lowest BCUT2D eigenvalue weighted by molar-refractivity contribution is -0.120. The Kier molecular flexibility index (Phi) is 16.2. The molecule has 6 heteroatoms. The van der Waals surface area contributed by atoms with E-state index in [0.717, 1.165) is 38.5 Å². The van der Waals surface area contributed by atoms with E-state index in [4.69, 9.17) is 0 Å². The SMILES string of the molecule is CCCCCCCCCCC(C(=O)NCCCCCCCC)S(=O)(=O)O. The Bertz CT molecular complexity index is 437. The molecule has 0 saturated heterocycles. The summed E-state index contributed by atoms with van der Waals surface area (Å²) in [5.74, 6) is -0.552. The number of carbonyl (C=O) groups excluding carboxylic acids is 1. The van der Waals surface area contributed by atoms with E-state index < -0.39 is 21.3 Å². The molecule has 0 heterocycles. The van der Waals surface area contributed by atoms with Crippen LogP contribution in [0, 0.1) is 0 Å². The van der Waals surface area contributed by atoms with Crippen LogP contribution in [0.3, 0.4) is 0 Å². The van der Waals surface area contributed by atoms with Gasteiger partial charge in [0.15, 0.2) is 5.25 Å². The van der Waals surface area contributed by atoms with E-state index in [-0.39, 0.29) is 6.42 Å². The van der Waals surface area contributed by atoms with Gasteiger partial charge in [-0.1, -0.05) is 97.3 Å². The van der Waals surface area contributed by atoms with Crippen molar-refractivity contribution >= 4 is 16.0 Å². The molecule has 1 unspecified atom stereocenters. The number of nitrogens with one attached hydrogen (secondary N) is 1. The molecule has 1 atom stereocenters. The summed E-state index contributed by atoms with van der Waals surface area (Å²) in [4.78, 5) is 12.1. The number of amides is 1. The zero-order valence-corrected chi connectivity index (χ0v) is 17.8. The highest BCUT2D eigenvalue weighted by Gasteiger charge is 2.30. The van der Waals surface area contributed by atoms with Crippen molar-refractivity contribution in [1.82, 2.24) is 5.32 Å². The Balaban J connectivity index is 3.95. The van der Waals surface area contributed by atoms with Gasteiger partial charge >= 0.3 is 0 Å². The summed E-state index contributed by atoms with van der Waals surface area (Å²) in [5, 5.41) is 1.36. The molecule has 0 saturated carbocycles. The number of unbranched alkanes of at least 4 members (excludes halogenated alkanes) is 12. The highest BCUT2D eigenvalue weighted by Crippen LogP contribution is 2.14.